The first-order valence-corrected chi connectivity index (χ1v) is 9.73. The van der Waals surface area contributed by atoms with Crippen LogP contribution < -0.4 is 11.1 Å². The second-order valence-electron chi connectivity index (χ2n) is 6.94. The summed E-state index contributed by atoms with van der Waals surface area (Å²) in [7, 11) is 0. The number of carboxylic acids is 1. The fourth-order valence-electron chi connectivity index (χ4n) is 3.25. The summed E-state index contributed by atoms with van der Waals surface area (Å²) in [6, 6.07) is 3.75. The standard InChI is InChI=1S/C22H26FN3O5/c1-4-31-19(22(29)30)7-8-25-21(28)20-12(2)18(26-13(20)3)9-14(11-27)16-10-15(23)5-6-17(16)24/h5-6,9-11,19,26H,4,7-8,24H2,1-3H3,(H,25,28)(H,29,30)/b14-9+. The number of benzene rings is 1. The van der Waals surface area contributed by atoms with Gasteiger partial charge in [-0.2, -0.15) is 0 Å². The molecule has 0 saturated heterocycles. The summed E-state index contributed by atoms with van der Waals surface area (Å²) >= 11 is 0. The van der Waals surface area contributed by atoms with Crippen LogP contribution in [0.1, 0.15) is 46.2 Å². The largest absolute Gasteiger partial charge is 0.479 e. The molecule has 166 valence electrons. The predicted molar refractivity (Wildman–Crippen MR) is 115 cm³/mol. The Kier molecular flexibility index (Phi) is 8.09. The van der Waals surface area contributed by atoms with Crippen molar-refractivity contribution in [3.8, 4) is 0 Å². The van der Waals surface area contributed by atoms with Gasteiger partial charge in [0.15, 0.2) is 12.4 Å². The smallest absolute Gasteiger partial charge is 0.332 e. The number of amides is 1. The number of aliphatic carboxylic acids is 1. The third-order valence-corrected chi connectivity index (χ3v) is 4.79. The Labute approximate surface area is 179 Å². The molecule has 2 rings (SSSR count). The number of hydrogen-bond donors (Lipinski definition) is 4. The number of carboxylic acid groups (broad SMARTS) is 1. The molecule has 31 heavy (non-hydrogen) atoms. The second-order valence-corrected chi connectivity index (χ2v) is 6.94. The van der Waals surface area contributed by atoms with Gasteiger partial charge in [0.05, 0.1) is 5.56 Å². The van der Waals surface area contributed by atoms with E-state index in [0.717, 1.165) is 0 Å². The van der Waals surface area contributed by atoms with Gasteiger partial charge in [-0.3, -0.25) is 9.59 Å². The molecule has 9 heteroatoms. The number of aromatic amines is 1. The molecule has 0 aliphatic carbocycles. The van der Waals surface area contributed by atoms with E-state index in [4.69, 9.17) is 15.6 Å². The molecule has 0 bridgehead atoms. The Morgan fingerprint density at radius 2 is 2.06 bits per heavy atom. The molecule has 0 saturated carbocycles. The van der Waals surface area contributed by atoms with E-state index in [2.05, 4.69) is 10.3 Å². The maximum atomic E-state index is 13.6. The number of nitrogens with two attached hydrogens (primary N) is 1. The van der Waals surface area contributed by atoms with Crippen LogP contribution in [0.4, 0.5) is 10.1 Å². The fraction of sp³-hybridized carbons (Fsp3) is 0.318. The van der Waals surface area contributed by atoms with E-state index < -0.39 is 17.9 Å². The highest BCUT2D eigenvalue weighted by molar-refractivity contribution is 6.15. The molecule has 1 unspecified atom stereocenters. The van der Waals surface area contributed by atoms with Crippen LogP contribution in [0.2, 0.25) is 0 Å². The van der Waals surface area contributed by atoms with Gasteiger partial charge < -0.3 is 25.9 Å². The van der Waals surface area contributed by atoms with Crippen molar-refractivity contribution in [2.45, 2.75) is 33.3 Å². The van der Waals surface area contributed by atoms with Crippen LogP contribution >= 0.6 is 0 Å². The van der Waals surface area contributed by atoms with Gasteiger partial charge in [-0.25, -0.2) is 9.18 Å². The molecule has 8 nitrogen and oxygen atoms in total. The van der Waals surface area contributed by atoms with Gasteiger partial charge in [0.1, 0.15) is 5.82 Å². The van der Waals surface area contributed by atoms with E-state index in [0.29, 0.717) is 28.8 Å². The van der Waals surface area contributed by atoms with Crippen molar-refractivity contribution in [3.05, 3.63) is 52.1 Å². The first-order valence-electron chi connectivity index (χ1n) is 9.73. The summed E-state index contributed by atoms with van der Waals surface area (Å²) in [5.41, 5.74) is 8.58. The van der Waals surface area contributed by atoms with Crippen LogP contribution in [-0.2, 0) is 14.3 Å². The summed E-state index contributed by atoms with van der Waals surface area (Å²) in [5.74, 6) is -2.00. The van der Waals surface area contributed by atoms with E-state index in [1.165, 1.54) is 24.3 Å². The highest BCUT2D eigenvalue weighted by Crippen LogP contribution is 2.26. The highest BCUT2D eigenvalue weighted by Gasteiger charge is 2.20. The Hall–Kier alpha value is -3.46. The number of anilines is 1. The molecule has 0 fully saturated rings. The van der Waals surface area contributed by atoms with Crippen LogP contribution in [0.5, 0.6) is 0 Å². The second kappa shape index (κ2) is 10.5. The molecule has 1 atom stereocenters. The first kappa shape index (κ1) is 23.8. The van der Waals surface area contributed by atoms with Crippen molar-refractivity contribution < 1.29 is 28.6 Å². The summed E-state index contributed by atoms with van der Waals surface area (Å²) in [6.45, 7) is 5.48. The van der Waals surface area contributed by atoms with Crippen molar-refractivity contribution in [1.82, 2.24) is 10.3 Å². The van der Waals surface area contributed by atoms with Crippen LogP contribution in [0, 0.1) is 19.7 Å². The molecular weight excluding hydrogens is 405 g/mol. The Morgan fingerprint density at radius 1 is 1.35 bits per heavy atom. The number of ether oxygens (including phenoxy) is 1. The minimum absolute atomic E-state index is 0.116. The quantitative estimate of drug-likeness (QED) is 0.260. The Balaban J connectivity index is 2.24. The van der Waals surface area contributed by atoms with Gasteiger partial charge in [0.2, 0.25) is 0 Å². The molecule has 1 aromatic heterocycles. The van der Waals surface area contributed by atoms with Gasteiger partial charge in [0.25, 0.3) is 5.91 Å². The number of carbonyl (C=O) groups is 3. The van der Waals surface area contributed by atoms with Crippen molar-refractivity contribution in [1.29, 1.82) is 0 Å². The van der Waals surface area contributed by atoms with Crippen molar-refractivity contribution in [3.63, 3.8) is 0 Å². The van der Waals surface area contributed by atoms with Crippen LogP contribution in [0.15, 0.2) is 18.2 Å². The lowest BCUT2D eigenvalue weighted by Gasteiger charge is -2.13. The van der Waals surface area contributed by atoms with E-state index in [-0.39, 0.29) is 42.3 Å². The number of aldehydes is 1. The molecular formula is C22H26FN3O5. The maximum Gasteiger partial charge on any atom is 0.332 e. The molecule has 1 heterocycles. The number of aryl methyl sites for hydroxylation is 1. The number of rotatable bonds is 10. The molecule has 0 radical (unpaired) electrons. The predicted octanol–water partition coefficient (Wildman–Crippen LogP) is 2.70. The molecule has 5 N–H and O–H groups in total. The van der Waals surface area contributed by atoms with E-state index >= 15 is 0 Å². The molecule has 0 spiro atoms. The van der Waals surface area contributed by atoms with Gasteiger partial charge in [-0.15, -0.1) is 0 Å². The Morgan fingerprint density at radius 3 is 2.68 bits per heavy atom. The molecule has 0 aliphatic heterocycles. The third kappa shape index (κ3) is 5.79. The number of carbonyl (C=O) groups excluding carboxylic acids is 2. The summed E-state index contributed by atoms with van der Waals surface area (Å²) in [4.78, 5) is 38.5. The van der Waals surface area contributed by atoms with E-state index in [9.17, 15) is 18.8 Å². The average molecular weight is 431 g/mol. The van der Waals surface area contributed by atoms with Crippen LogP contribution in [0.3, 0.4) is 0 Å². The number of nitrogen functional groups attached to an aromatic ring is 1. The number of nitrogens with one attached hydrogen (secondary N) is 2. The minimum Gasteiger partial charge on any atom is -0.479 e. The summed E-state index contributed by atoms with van der Waals surface area (Å²) in [6.07, 6.45) is 1.20. The number of aromatic nitrogens is 1. The first-order chi connectivity index (χ1) is 14.7. The molecule has 2 aromatic rings. The summed E-state index contributed by atoms with van der Waals surface area (Å²) < 4.78 is 18.7. The van der Waals surface area contributed by atoms with E-state index in [1.807, 2.05) is 0 Å². The topological polar surface area (TPSA) is 135 Å². The van der Waals surface area contributed by atoms with Crippen molar-refractivity contribution >= 4 is 35.5 Å². The lowest BCUT2D eigenvalue weighted by atomic mass is 10.0. The van der Waals surface area contributed by atoms with Crippen molar-refractivity contribution in [2.75, 3.05) is 18.9 Å². The van der Waals surface area contributed by atoms with Gasteiger partial charge >= 0.3 is 5.97 Å². The normalized spacial score (nSPS) is 12.5. The van der Waals surface area contributed by atoms with Crippen LogP contribution in [-0.4, -0.2) is 47.5 Å². The van der Waals surface area contributed by atoms with Gasteiger partial charge in [0, 0.05) is 47.8 Å². The van der Waals surface area contributed by atoms with Gasteiger partial charge in [-0.05, 0) is 50.6 Å². The molecule has 1 aromatic carbocycles. The lowest BCUT2D eigenvalue weighted by molar-refractivity contribution is -0.150. The number of H-pyrrole nitrogens is 1. The lowest BCUT2D eigenvalue weighted by Crippen LogP contribution is -2.32. The third-order valence-electron chi connectivity index (χ3n) is 4.79. The number of halogens is 1. The SMILES string of the molecule is CCOC(CCNC(=O)c1c(C)[nH]c(/C=C(\C=O)c2cc(F)ccc2N)c1C)C(=O)O. The van der Waals surface area contributed by atoms with Gasteiger partial charge in [-0.1, -0.05) is 0 Å². The zero-order valence-corrected chi connectivity index (χ0v) is 17.6. The molecule has 0 aliphatic rings. The molecule has 1 amide bonds. The summed E-state index contributed by atoms with van der Waals surface area (Å²) in [5, 5.41) is 11.8. The zero-order chi connectivity index (χ0) is 23.1. The number of hydrogen-bond acceptors (Lipinski definition) is 5. The van der Waals surface area contributed by atoms with Crippen LogP contribution in [0.25, 0.3) is 11.6 Å². The minimum atomic E-state index is -1.09. The zero-order valence-electron chi connectivity index (χ0n) is 17.6. The maximum absolute atomic E-state index is 13.6. The Bertz CT molecular complexity index is 1010. The average Bonchev–Trinajstić information content (AvgIpc) is 3.00. The fourth-order valence-corrected chi connectivity index (χ4v) is 3.25. The number of allylic oxidation sites excluding steroid dienone is 1. The monoisotopic (exact) mass is 431 g/mol. The van der Waals surface area contributed by atoms with E-state index in [1.54, 1.807) is 20.8 Å². The highest BCUT2D eigenvalue weighted by atomic mass is 19.1. The van der Waals surface area contributed by atoms with Crippen molar-refractivity contribution in [2.24, 2.45) is 0 Å².